The number of fused-ring (bicyclic) bond motifs is 3. The van der Waals surface area contributed by atoms with Crippen LogP contribution in [0.25, 0.3) is 11.1 Å². The molecule has 0 radical (unpaired) electrons. The minimum Gasteiger partial charge on any atom is -0.480 e. The topological polar surface area (TPSA) is 102 Å². The molecule has 0 aromatic heterocycles. The van der Waals surface area contributed by atoms with Crippen molar-refractivity contribution in [3.05, 3.63) is 59.7 Å². The van der Waals surface area contributed by atoms with Crippen LogP contribution in [0.3, 0.4) is 0 Å². The lowest BCUT2D eigenvalue weighted by Gasteiger charge is -2.20. The number of ether oxygens (including phenoxy) is 1. The summed E-state index contributed by atoms with van der Waals surface area (Å²) >= 11 is 0. The third-order valence-corrected chi connectivity index (χ3v) is 4.43. The molecule has 0 saturated carbocycles. The van der Waals surface area contributed by atoms with Crippen molar-refractivity contribution in [1.29, 1.82) is 0 Å². The molecule has 0 heterocycles. The molecule has 1 unspecified atom stereocenters. The molecule has 0 saturated heterocycles. The lowest BCUT2D eigenvalue weighted by atomic mass is 9.98. The number of carboxylic acid groups (broad SMARTS) is 1. The van der Waals surface area contributed by atoms with Crippen LogP contribution in [0.15, 0.2) is 48.5 Å². The lowest BCUT2D eigenvalue weighted by molar-refractivity contribution is -0.142. The fraction of sp³-hybridized carbons (Fsp3) is 0.263. The number of carbonyl (C=O) groups is 2. The molecule has 130 valence electrons. The highest BCUT2D eigenvalue weighted by Gasteiger charge is 2.30. The molecule has 25 heavy (non-hydrogen) atoms. The fourth-order valence-electron chi connectivity index (χ4n) is 2.98. The summed E-state index contributed by atoms with van der Waals surface area (Å²) in [6.07, 6.45) is -0.681. The Balaban J connectivity index is 1.68. The Labute approximate surface area is 145 Å². The van der Waals surface area contributed by atoms with Gasteiger partial charge in [0.15, 0.2) is 0 Å². The number of nitrogens with two attached hydrogens (primary N) is 1. The van der Waals surface area contributed by atoms with Gasteiger partial charge in [-0.15, -0.1) is 0 Å². The van der Waals surface area contributed by atoms with Gasteiger partial charge < -0.3 is 20.9 Å². The van der Waals surface area contributed by atoms with Gasteiger partial charge in [-0.05, 0) is 29.2 Å². The van der Waals surface area contributed by atoms with E-state index < -0.39 is 17.6 Å². The Morgan fingerprint density at radius 2 is 1.64 bits per heavy atom. The quantitative estimate of drug-likeness (QED) is 0.775. The Bertz CT molecular complexity index is 771. The van der Waals surface area contributed by atoms with Gasteiger partial charge in [-0.3, -0.25) is 4.79 Å². The maximum Gasteiger partial charge on any atom is 0.407 e. The largest absolute Gasteiger partial charge is 0.480 e. The van der Waals surface area contributed by atoms with Gasteiger partial charge in [0.05, 0.1) is 0 Å². The van der Waals surface area contributed by atoms with Gasteiger partial charge in [0.25, 0.3) is 0 Å². The second-order valence-electron chi connectivity index (χ2n) is 6.40. The third kappa shape index (κ3) is 3.34. The zero-order chi connectivity index (χ0) is 18.0. The summed E-state index contributed by atoms with van der Waals surface area (Å²) in [5.41, 5.74) is 8.57. The van der Waals surface area contributed by atoms with E-state index in [2.05, 4.69) is 17.4 Å². The van der Waals surface area contributed by atoms with Gasteiger partial charge in [-0.1, -0.05) is 48.5 Å². The molecule has 1 amide bonds. The van der Waals surface area contributed by atoms with Crippen LogP contribution in [-0.4, -0.2) is 35.9 Å². The molecule has 4 N–H and O–H groups in total. The average Bonchev–Trinajstić information content (AvgIpc) is 2.92. The number of aliphatic carboxylic acids is 1. The van der Waals surface area contributed by atoms with Crippen LogP contribution in [0.2, 0.25) is 0 Å². The summed E-state index contributed by atoms with van der Waals surface area (Å²) in [6, 6.07) is 16.1. The van der Waals surface area contributed by atoms with E-state index in [9.17, 15) is 9.59 Å². The summed E-state index contributed by atoms with van der Waals surface area (Å²) in [5, 5.41) is 11.4. The van der Waals surface area contributed by atoms with Crippen molar-refractivity contribution >= 4 is 12.1 Å². The first-order chi connectivity index (χ1) is 11.9. The highest BCUT2D eigenvalue weighted by atomic mass is 16.5. The van der Waals surface area contributed by atoms with Crippen molar-refractivity contribution < 1.29 is 19.4 Å². The molecule has 1 atom stereocenters. The van der Waals surface area contributed by atoms with Crippen molar-refractivity contribution in [2.24, 2.45) is 5.73 Å². The fourth-order valence-corrected chi connectivity index (χ4v) is 2.98. The molecule has 2 aromatic carbocycles. The monoisotopic (exact) mass is 340 g/mol. The number of rotatable bonds is 5. The number of alkyl carbamates (subject to hydrolysis) is 1. The first kappa shape index (κ1) is 17.0. The van der Waals surface area contributed by atoms with Crippen LogP contribution in [0.4, 0.5) is 4.79 Å². The van der Waals surface area contributed by atoms with Crippen molar-refractivity contribution in [3.8, 4) is 11.1 Å². The highest BCUT2D eigenvalue weighted by molar-refractivity contribution is 5.80. The van der Waals surface area contributed by atoms with E-state index in [-0.39, 0.29) is 19.1 Å². The second kappa shape index (κ2) is 6.57. The lowest BCUT2D eigenvalue weighted by Crippen LogP contribution is -2.53. The van der Waals surface area contributed by atoms with E-state index in [1.807, 2.05) is 36.4 Å². The molecular formula is C19H20N2O4. The third-order valence-electron chi connectivity index (χ3n) is 4.43. The van der Waals surface area contributed by atoms with Gasteiger partial charge >= 0.3 is 12.1 Å². The molecule has 0 spiro atoms. The maximum absolute atomic E-state index is 11.9. The molecule has 0 aliphatic heterocycles. The van der Waals surface area contributed by atoms with Crippen LogP contribution in [0.1, 0.15) is 24.0 Å². The van der Waals surface area contributed by atoms with Crippen LogP contribution >= 0.6 is 0 Å². The first-order valence-corrected chi connectivity index (χ1v) is 8.01. The summed E-state index contributed by atoms with van der Waals surface area (Å²) in [6.45, 7) is 1.30. The number of benzene rings is 2. The zero-order valence-corrected chi connectivity index (χ0v) is 13.9. The molecule has 6 heteroatoms. The summed E-state index contributed by atoms with van der Waals surface area (Å²) < 4.78 is 5.32. The Kier molecular flexibility index (Phi) is 4.46. The summed E-state index contributed by atoms with van der Waals surface area (Å²) in [4.78, 5) is 22.9. The van der Waals surface area contributed by atoms with Gasteiger partial charge in [-0.2, -0.15) is 0 Å². The molecule has 2 aromatic rings. The molecule has 1 aliphatic rings. The highest BCUT2D eigenvalue weighted by Crippen LogP contribution is 2.44. The number of hydrogen-bond acceptors (Lipinski definition) is 4. The summed E-state index contributed by atoms with van der Waals surface area (Å²) in [5.74, 6) is -1.23. The molecule has 6 nitrogen and oxygen atoms in total. The van der Waals surface area contributed by atoms with Crippen LogP contribution in [-0.2, 0) is 9.53 Å². The summed E-state index contributed by atoms with van der Waals surface area (Å²) in [7, 11) is 0. The van der Waals surface area contributed by atoms with E-state index in [1.165, 1.54) is 6.92 Å². The molecule has 3 rings (SSSR count). The second-order valence-corrected chi connectivity index (χ2v) is 6.40. The SMILES string of the molecule is CC(N)(CNC(=O)OCC1c2ccccc2-c2ccccc21)C(=O)O. The van der Waals surface area contributed by atoms with E-state index in [0.717, 1.165) is 22.3 Å². The standard InChI is InChI=1S/C19H20N2O4/c1-19(20,17(22)23)11-21-18(24)25-10-16-14-8-4-2-6-12(14)13-7-3-5-9-15(13)16/h2-9,16H,10-11,20H2,1H3,(H,21,24)(H,22,23). The van der Waals surface area contributed by atoms with Crippen molar-refractivity contribution in [2.75, 3.05) is 13.2 Å². The van der Waals surface area contributed by atoms with Crippen LogP contribution in [0, 0.1) is 0 Å². The number of carboxylic acids is 1. The predicted molar refractivity (Wildman–Crippen MR) is 93.3 cm³/mol. The Hall–Kier alpha value is -2.86. The number of nitrogens with one attached hydrogen (secondary N) is 1. The van der Waals surface area contributed by atoms with E-state index >= 15 is 0 Å². The van der Waals surface area contributed by atoms with Crippen molar-refractivity contribution in [3.63, 3.8) is 0 Å². The number of amides is 1. The van der Waals surface area contributed by atoms with Gasteiger partial charge in [0.1, 0.15) is 12.1 Å². The van der Waals surface area contributed by atoms with Crippen LogP contribution in [0.5, 0.6) is 0 Å². The van der Waals surface area contributed by atoms with E-state index in [1.54, 1.807) is 0 Å². The minimum absolute atomic E-state index is 0.0399. The average molecular weight is 340 g/mol. The molecular weight excluding hydrogens is 320 g/mol. The van der Waals surface area contributed by atoms with E-state index in [4.69, 9.17) is 15.6 Å². The zero-order valence-electron chi connectivity index (χ0n) is 13.9. The first-order valence-electron chi connectivity index (χ1n) is 8.01. The minimum atomic E-state index is -1.54. The smallest absolute Gasteiger partial charge is 0.407 e. The Morgan fingerprint density at radius 3 is 2.16 bits per heavy atom. The molecule has 1 aliphatic carbocycles. The number of hydrogen-bond donors (Lipinski definition) is 3. The Morgan fingerprint density at radius 1 is 1.12 bits per heavy atom. The predicted octanol–water partition coefficient (Wildman–Crippen LogP) is 2.33. The molecule has 0 bridgehead atoms. The van der Waals surface area contributed by atoms with Crippen molar-refractivity contribution in [1.82, 2.24) is 5.32 Å². The van der Waals surface area contributed by atoms with Gasteiger partial charge in [0.2, 0.25) is 0 Å². The van der Waals surface area contributed by atoms with Gasteiger partial charge in [0, 0.05) is 12.5 Å². The van der Waals surface area contributed by atoms with Crippen molar-refractivity contribution in [2.45, 2.75) is 18.4 Å². The maximum atomic E-state index is 11.9. The normalized spacial score (nSPS) is 15.0. The number of carbonyl (C=O) groups excluding carboxylic acids is 1. The van der Waals surface area contributed by atoms with E-state index in [0.29, 0.717) is 0 Å². The van der Waals surface area contributed by atoms with Crippen LogP contribution < -0.4 is 11.1 Å². The molecule has 0 fully saturated rings. The van der Waals surface area contributed by atoms with Gasteiger partial charge in [-0.25, -0.2) is 4.79 Å².